The molecule has 6 nitrogen and oxygen atoms in total. The van der Waals surface area contributed by atoms with Gasteiger partial charge in [0.1, 0.15) is 17.1 Å². The Labute approximate surface area is 137 Å². The van der Waals surface area contributed by atoms with Gasteiger partial charge in [0.15, 0.2) is 11.5 Å². The van der Waals surface area contributed by atoms with Crippen LogP contribution in [0.25, 0.3) is 21.7 Å². The van der Waals surface area contributed by atoms with E-state index >= 15 is 0 Å². The van der Waals surface area contributed by atoms with Crippen molar-refractivity contribution in [1.29, 1.82) is 0 Å². The first-order valence-corrected chi connectivity index (χ1v) is 7.28. The summed E-state index contributed by atoms with van der Waals surface area (Å²) in [5, 5.41) is 11.3. The number of hydrogen-bond acceptors (Lipinski definition) is 6. The normalized spacial score (nSPS) is 11.0. The van der Waals surface area contributed by atoms with E-state index in [1.165, 1.54) is 27.2 Å². The molecule has 0 saturated carbocycles. The number of Topliss-reactive ketones (excluding diaryl/α,β-unsaturated/α-hetero) is 1. The summed E-state index contributed by atoms with van der Waals surface area (Å²) in [5.74, 6) is 0.541. The minimum Gasteiger partial charge on any atom is -0.504 e. The number of hydrogen-bond donors (Lipinski definition) is 1. The molecule has 0 spiro atoms. The molecule has 0 aliphatic heterocycles. The predicted octanol–water partition coefficient (Wildman–Crippen LogP) is 2.80. The molecule has 24 heavy (non-hydrogen) atoms. The van der Waals surface area contributed by atoms with Crippen LogP contribution in [0, 0.1) is 0 Å². The second-order valence-corrected chi connectivity index (χ2v) is 5.50. The first kappa shape index (κ1) is 15.9. The summed E-state index contributed by atoms with van der Waals surface area (Å²) in [5.41, 5.74) is 0.409. The van der Waals surface area contributed by atoms with Gasteiger partial charge in [-0.2, -0.15) is 0 Å². The molecule has 0 aliphatic rings. The van der Waals surface area contributed by atoms with Gasteiger partial charge in [-0.3, -0.25) is 4.79 Å². The number of carbonyl (C=O) groups excluding carboxylic acids is 1. The van der Waals surface area contributed by atoms with E-state index in [0.717, 1.165) is 0 Å². The first-order valence-electron chi connectivity index (χ1n) is 7.28. The molecule has 124 valence electrons. The van der Waals surface area contributed by atoms with Gasteiger partial charge in [-0.1, -0.05) is 0 Å². The maximum Gasteiger partial charge on any atom is 0.344 e. The fraction of sp³-hybridized carbons (Fsp3) is 0.222. The first-order chi connectivity index (χ1) is 11.4. The number of phenolic OH excluding ortho intramolecular Hbond substituents is 1. The number of fused-ring (bicyclic) bond motifs is 3. The zero-order valence-electron chi connectivity index (χ0n) is 13.5. The molecule has 3 aromatic rings. The lowest BCUT2D eigenvalue weighted by Gasteiger charge is -2.12. The summed E-state index contributed by atoms with van der Waals surface area (Å²) in [4.78, 5) is 23.9. The van der Waals surface area contributed by atoms with E-state index in [0.29, 0.717) is 27.7 Å². The van der Waals surface area contributed by atoms with Crippen molar-refractivity contribution < 1.29 is 23.8 Å². The van der Waals surface area contributed by atoms with Crippen LogP contribution in [0.15, 0.2) is 33.5 Å². The fourth-order valence-corrected chi connectivity index (χ4v) is 2.82. The quantitative estimate of drug-likeness (QED) is 0.585. The molecule has 0 bridgehead atoms. The lowest BCUT2D eigenvalue weighted by Crippen LogP contribution is -2.04. The third-order valence-corrected chi connectivity index (χ3v) is 3.84. The Morgan fingerprint density at radius 2 is 1.88 bits per heavy atom. The van der Waals surface area contributed by atoms with Crippen LogP contribution in [0.2, 0.25) is 0 Å². The highest BCUT2D eigenvalue weighted by molar-refractivity contribution is 6.08. The van der Waals surface area contributed by atoms with E-state index in [-0.39, 0.29) is 29.1 Å². The van der Waals surface area contributed by atoms with Crippen LogP contribution in [-0.4, -0.2) is 25.1 Å². The highest BCUT2D eigenvalue weighted by Crippen LogP contribution is 2.36. The average molecular weight is 328 g/mol. The molecule has 3 rings (SSSR count). The second kappa shape index (κ2) is 5.88. The van der Waals surface area contributed by atoms with Gasteiger partial charge in [-0.25, -0.2) is 4.79 Å². The number of rotatable bonds is 4. The van der Waals surface area contributed by atoms with Crippen molar-refractivity contribution >= 4 is 27.5 Å². The Hall–Kier alpha value is -3.02. The van der Waals surface area contributed by atoms with Gasteiger partial charge < -0.3 is 19.0 Å². The van der Waals surface area contributed by atoms with Gasteiger partial charge in [0.05, 0.1) is 19.6 Å². The van der Waals surface area contributed by atoms with Crippen molar-refractivity contribution in [1.82, 2.24) is 0 Å². The van der Waals surface area contributed by atoms with Crippen LogP contribution in [0.1, 0.15) is 12.5 Å². The minimum atomic E-state index is -0.586. The molecule has 0 aliphatic carbocycles. The molecular formula is C18H16O6. The van der Waals surface area contributed by atoms with Crippen molar-refractivity contribution in [2.75, 3.05) is 14.2 Å². The van der Waals surface area contributed by atoms with E-state index < -0.39 is 5.63 Å². The lowest BCUT2D eigenvalue weighted by molar-refractivity contribution is -0.116. The fourth-order valence-electron chi connectivity index (χ4n) is 2.82. The number of benzene rings is 2. The van der Waals surface area contributed by atoms with Crippen LogP contribution >= 0.6 is 0 Å². The van der Waals surface area contributed by atoms with E-state index in [9.17, 15) is 14.7 Å². The standard InChI is InChI=1S/C18H16O6/c1-9(19)4-10-5-11(22-2)6-16-17(10)12-8-15(23-3)14(20)7-13(12)18(21)24-16/h5-8,20H,4H2,1-3H3. The third-order valence-electron chi connectivity index (χ3n) is 3.84. The van der Waals surface area contributed by atoms with Crippen LogP contribution in [0.4, 0.5) is 0 Å². The molecule has 0 atom stereocenters. The van der Waals surface area contributed by atoms with Crippen LogP contribution in [-0.2, 0) is 11.2 Å². The summed E-state index contributed by atoms with van der Waals surface area (Å²) < 4.78 is 15.7. The van der Waals surface area contributed by atoms with Crippen molar-refractivity contribution in [3.8, 4) is 17.2 Å². The number of ketones is 1. The zero-order chi connectivity index (χ0) is 17.4. The van der Waals surface area contributed by atoms with Gasteiger partial charge in [-0.05, 0) is 30.7 Å². The second-order valence-electron chi connectivity index (χ2n) is 5.50. The minimum absolute atomic E-state index is 0.0327. The predicted molar refractivity (Wildman–Crippen MR) is 89.1 cm³/mol. The van der Waals surface area contributed by atoms with Gasteiger partial charge in [0.25, 0.3) is 0 Å². The van der Waals surface area contributed by atoms with Crippen LogP contribution in [0.5, 0.6) is 17.2 Å². The molecule has 6 heteroatoms. The summed E-state index contributed by atoms with van der Waals surface area (Å²) >= 11 is 0. The molecule has 0 fully saturated rings. The third kappa shape index (κ3) is 2.56. The van der Waals surface area contributed by atoms with Gasteiger partial charge in [0.2, 0.25) is 0 Å². The molecule has 1 aromatic heterocycles. The van der Waals surface area contributed by atoms with Gasteiger partial charge in [-0.15, -0.1) is 0 Å². The van der Waals surface area contributed by atoms with Crippen molar-refractivity contribution in [3.63, 3.8) is 0 Å². The number of aromatic hydroxyl groups is 1. The monoisotopic (exact) mass is 328 g/mol. The molecule has 1 N–H and O–H groups in total. The molecule has 1 heterocycles. The van der Waals surface area contributed by atoms with Crippen LogP contribution in [0.3, 0.4) is 0 Å². The average Bonchev–Trinajstić information content (AvgIpc) is 2.53. The Morgan fingerprint density at radius 1 is 1.12 bits per heavy atom. The summed E-state index contributed by atoms with van der Waals surface area (Å²) in [7, 11) is 2.92. The Bertz CT molecular complexity index is 1020. The number of ether oxygens (including phenoxy) is 2. The molecule has 0 saturated heterocycles. The molecule has 0 unspecified atom stereocenters. The van der Waals surface area contributed by atoms with Crippen molar-refractivity contribution in [2.24, 2.45) is 0 Å². The number of phenols is 1. The Kier molecular flexibility index (Phi) is 3.89. The van der Waals surface area contributed by atoms with E-state index in [1.807, 2.05) is 0 Å². The van der Waals surface area contributed by atoms with E-state index in [4.69, 9.17) is 13.9 Å². The highest BCUT2D eigenvalue weighted by Gasteiger charge is 2.17. The van der Waals surface area contributed by atoms with Crippen molar-refractivity contribution in [2.45, 2.75) is 13.3 Å². The molecule has 0 amide bonds. The SMILES string of the molecule is COc1cc(CC(C)=O)c2c(c1)oc(=O)c1cc(O)c(OC)cc12. The number of carbonyl (C=O) groups is 1. The number of methoxy groups -OCH3 is 2. The topological polar surface area (TPSA) is 86.0 Å². The maximum atomic E-state index is 12.3. The molecule has 0 radical (unpaired) electrons. The summed E-state index contributed by atoms with van der Waals surface area (Å²) in [6.45, 7) is 1.49. The lowest BCUT2D eigenvalue weighted by atomic mass is 9.98. The van der Waals surface area contributed by atoms with E-state index in [2.05, 4.69) is 0 Å². The summed E-state index contributed by atoms with van der Waals surface area (Å²) in [6, 6.07) is 6.21. The van der Waals surface area contributed by atoms with Gasteiger partial charge >= 0.3 is 5.63 Å². The van der Waals surface area contributed by atoms with Crippen molar-refractivity contribution in [3.05, 3.63) is 40.2 Å². The zero-order valence-corrected chi connectivity index (χ0v) is 13.5. The smallest absolute Gasteiger partial charge is 0.344 e. The maximum absolute atomic E-state index is 12.3. The largest absolute Gasteiger partial charge is 0.504 e. The summed E-state index contributed by atoms with van der Waals surface area (Å²) in [6.07, 6.45) is 0.166. The Balaban J connectivity index is 2.51. The van der Waals surface area contributed by atoms with Crippen LogP contribution < -0.4 is 15.1 Å². The molecular weight excluding hydrogens is 312 g/mol. The highest BCUT2D eigenvalue weighted by atomic mass is 16.5. The van der Waals surface area contributed by atoms with E-state index in [1.54, 1.807) is 18.2 Å². The molecule has 2 aromatic carbocycles. The van der Waals surface area contributed by atoms with Gasteiger partial charge in [0, 0.05) is 23.3 Å². The Morgan fingerprint density at radius 3 is 2.50 bits per heavy atom.